The van der Waals surface area contributed by atoms with Gasteiger partial charge in [0.25, 0.3) is 0 Å². The van der Waals surface area contributed by atoms with Crippen molar-refractivity contribution in [2.45, 2.75) is 13.5 Å². The van der Waals surface area contributed by atoms with Gasteiger partial charge in [-0.15, -0.1) is 0 Å². The second kappa shape index (κ2) is 6.88. The van der Waals surface area contributed by atoms with Crippen LogP contribution in [0.5, 0.6) is 0 Å². The monoisotopic (exact) mass is 303 g/mol. The molecule has 1 aromatic carbocycles. The standard InChI is InChI=1S/C14H14ClN5O/c1-2-21-8-14-19-12(17)6-13(20-14)18-11-5-9(7-16)3-4-10(11)15/h3-6H,2,8H2,1H3,(H3,17,18,19,20). The van der Waals surface area contributed by atoms with E-state index in [1.165, 1.54) is 0 Å². The van der Waals surface area contributed by atoms with Crippen LogP contribution in [0.25, 0.3) is 0 Å². The van der Waals surface area contributed by atoms with Crippen molar-refractivity contribution < 1.29 is 4.74 Å². The number of aromatic nitrogens is 2. The number of rotatable bonds is 5. The molecule has 1 heterocycles. The molecule has 2 rings (SSSR count). The molecular formula is C14H14ClN5O. The minimum atomic E-state index is 0.280. The number of nitrogen functional groups attached to an aromatic ring is 1. The van der Waals surface area contributed by atoms with Crippen LogP contribution in [0, 0.1) is 11.3 Å². The van der Waals surface area contributed by atoms with Crippen LogP contribution in [-0.2, 0) is 11.3 Å². The van der Waals surface area contributed by atoms with Crippen molar-refractivity contribution in [1.29, 1.82) is 5.26 Å². The molecule has 2 aromatic rings. The van der Waals surface area contributed by atoms with Gasteiger partial charge in [0.15, 0.2) is 5.82 Å². The maximum Gasteiger partial charge on any atom is 0.158 e. The second-order valence-corrected chi connectivity index (χ2v) is 4.57. The molecule has 6 nitrogen and oxygen atoms in total. The van der Waals surface area contributed by atoms with E-state index < -0.39 is 0 Å². The van der Waals surface area contributed by atoms with Crippen LogP contribution in [0.15, 0.2) is 24.3 Å². The van der Waals surface area contributed by atoms with E-state index in [1.54, 1.807) is 24.3 Å². The van der Waals surface area contributed by atoms with E-state index in [1.807, 2.05) is 6.92 Å². The maximum absolute atomic E-state index is 8.92. The molecule has 0 atom stereocenters. The lowest BCUT2D eigenvalue weighted by molar-refractivity contribution is 0.128. The van der Waals surface area contributed by atoms with E-state index in [2.05, 4.69) is 21.4 Å². The average Bonchev–Trinajstić information content (AvgIpc) is 2.47. The number of nitrogens with two attached hydrogens (primary N) is 1. The molecule has 0 aliphatic carbocycles. The number of benzene rings is 1. The predicted octanol–water partition coefficient (Wildman–Crippen LogP) is 2.86. The van der Waals surface area contributed by atoms with Crippen LogP contribution in [0.4, 0.5) is 17.3 Å². The zero-order valence-electron chi connectivity index (χ0n) is 11.4. The highest BCUT2D eigenvalue weighted by Crippen LogP contribution is 2.26. The summed E-state index contributed by atoms with van der Waals surface area (Å²) in [6.45, 7) is 2.73. The van der Waals surface area contributed by atoms with Gasteiger partial charge in [-0.3, -0.25) is 0 Å². The summed E-state index contributed by atoms with van der Waals surface area (Å²) in [6.07, 6.45) is 0. The Morgan fingerprint density at radius 1 is 1.38 bits per heavy atom. The molecule has 3 N–H and O–H groups in total. The van der Waals surface area contributed by atoms with Gasteiger partial charge in [0.1, 0.15) is 18.2 Å². The summed E-state index contributed by atoms with van der Waals surface area (Å²) < 4.78 is 5.26. The van der Waals surface area contributed by atoms with Gasteiger partial charge in [-0.05, 0) is 25.1 Å². The predicted molar refractivity (Wildman–Crippen MR) is 81.2 cm³/mol. The van der Waals surface area contributed by atoms with E-state index in [-0.39, 0.29) is 6.61 Å². The third kappa shape index (κ3) is 4.05. The van der Waals surface area contributed by atoms with E-state index in [9.17, 15) is 0 Å². The number of halogens is 1. The van der Waals surface area contributed by atoms with Gasteiger partial charge in [-0.1, -0.05) is 11.6 Å². The maximum atomic E-state index is 8.92. The minimum Gasteiger partial charge on any atom is -0.384 e. The lowest BCUT2D eigenvalue weighted by Crippen LogP contribution is -2.05. The Morgan fingerprint density at radius 3 is 2.90 bits per heavy atom. The third-order valence-corrected chi connectivity index (χ3v) is 2.92. The number of nitrogens with one attached hydrogen (secondary N) is 1. The molecule has 0 fully saturated rings. The quantitative estimate of drug-likeness (QED) is 0.881. The summed E-state index contributed by atoms with van der Waals surface area (Å²) in [5, 5.41) is 12.4. The van der Waals surface area contributed by atoms with Crippen molar-refractivity contribution in [2.75, 3.05) is 17.7 Å². The molecular weight excluding hydrogens is 290 g/mol. The summed E-state index contributed by atoms with van der Waals surface area (Å²) in [5.74, 6) is 1.30. The van der Waals surface area contributed by atoms with Crippen molar-refractivity contribution in [1.82, 2.24) is 9.97 Å². The van der Waals surface area contributed by atoms with Crippen LogP contribution < -0.4 is 11.1 Å². The molecule has 0 saturated carbocycles. The van der Waals surface area contributed by atoms with Gasteiger partial charge < -0.3 is 15.8 Å². The lowest BCUT2D eigenvalue weighted by Gasteiger charge is -2.10. The van der Waals surface area contributed by atoms with Crippen molar-refractivity contribution in [2.24, 2.45) is 0 Å². The van der Waals surface area contributed by atoms with Gasteiger partial charge in [-0.2, -0.15) is 5.26 Å². The van der Waals surface area contributed by atoms with Gasteiger partial charge >= 0.3 is 0 Å². The Hall–Kier alpha value is -2.36. The number of hydrogen-bond donors (Lipinski definition) is 2. The molecule has 108 valence electrons. The Bertz CT molecular complexity index is 684. The third-order valence-electron chi connectivity index (χ3n) is 2.59. The van der Waals surface area contributed by atoms with E-state index in [0.717, 1.165) is 0 Å². The van der Waals surface area contributed by atoms with E-state index >= 15 is 0 Å². The number of anilines is 3. The number of ether oxygens (including phenoxy) is 1. The fourth-order valence-corrected chi connectivity index (χ4v) is 1.83. The first-order valence-electron chi connectivity index (χ1n) is 6.30. The molecule has 0 radical (unpaired) electrons. The van der Waals surface area contributed by atoms with Crippen LogP contribution in [0.2, 0.25) is 5.02 Å². The lowest BCUT2D eigenvalue weighted by atomic mass is 10.2. The summed E-state index contributed by atoms with van der Waals surface area (Å²) in [7, 11) is 0. The molecule has 21 heavy (non-hydrogen) atoms. The molecule has 0 aliphatic heterocycles. The van der Waals surface area contributed by atoms with Gasteiger partial charge in [-0.25, -0.2) is 9.97 Å². The first-order chi connectivity index (χ1) is 10.1. The molecule has 7 heteroatoms. The molecule has 0 bridgehead atoms. The highest BCUT2D eigenvalue weighted by Gasteiger charge is 2.07. The summed E-state index contributed by atoms with van der Waals surface area (Å²) in [6, 6.07) is 8.57. The zero-order valence-corrected chi connectivity index (χ0v) is 12.2. The molecule has 1 aromatic heterocycles. The van der Waals surface area contributed by atoms with Crippen molar-refractivity contribution in [3.05, 3.63) is 40.7 Å². The van der Waals surface area contributed by atoms with Crippen LogP contribution in [0.1, 0.15) is 18.3 Å². The second-order valence-electron chi connectivity index (χ2n) is 4.16. The fourth-order valence-electron chi connectivity index (χ4n) is 1.67. The minimum absolute atomic E-state index is 0.280. The largest absolute Gasteiger partial charge is 0.384 e. The van der Waals surface area contributed by atoms with E-state index in [0.29, 0.717) is 40.3 Å². The van der Waals surface area contributed by atoms with Crippen LogP contribution >= 0.6 is 11.6 Å². The topological polar surface area (TPSA) is 96.9 Å². The van der Waals surface area contributed by atoms with Gasteiger partial charge in [0.05, 0.1) is 22.3 Å². The fraction of sp³-hybridized carbons (Fsp3) is 0.214. The average molecular weight is 304 g/mol. The number of nitriles is 1. The van der Waals surface area contributed by atoms with E-state index in [4.69, 9.17) is 27.3 Å². The van der Waals surface area contributed by atoms with Crippen LogP contribution in [-0.4, -0.2) is 16.6 Å². The Morgan fingerprint density at radius 2 is 2.19 bits per heavy atom. The van der Waals surface area contributed by atoms with Crippen molar-refractivity contribution in [3.8, 4) is 6.07 Å². The first-order valence-corrected chi connectivity index (χ1v) is 6.68. The van der Waals surface area contributed by atoms with Crippen molar-refractivity contribution in [3.63, 3.8) is 0 Å². The highest BCUT2D eigenvalue weighted by atomic mass is 35.5. The Kier molecular flexibility index (Phi) is 4.93. The SMILES string of the molecule is CCOCc1nc(N)cc(Nc2cc(C#N)ccc2Cl)n1. The normalized spacial score (nSPS) is 10.1. The zero-order chi connectivity index (χ0) is 15.2. The number of hydrogen-bond acceptors (Lipinski definition) is 6. The molecule has 0 amide bonds. The molecule has 0 unspecified atom stereocenters. The summed E-state index contributed by atoms with van der Waals surface area (Å²) in [4.78, 5) is 8.38. The van der Waals surface area contributed by atoms with Crippen LogP contribution in [0.3, 0.4) is 0 Å². The summed E-state index contributed by atoms with van der Waals surface area (Å²) >= 11 is 6.10. The number of nitrogens with zero attached hydrogens (tertiary/aromatic N) is 3. The highest BCUT2D eigenvalue weighted by molar-refractivity contribution is 6.33. The molecule has 0 aliphatic rings. The Labute approximate surface area is 127 Å². The smallest absolute Gasteiger partial charge is 0.158 e. The molecule has 0 saturated heterocycles. The van der Waals surface area contributed by atoms with Gasteiger partial charge in [0, 0.05) is 12.7 Å². The Balaban J connectivity index is 2.27. The van der Waals surface area contributed by atoms with Crippen molar-refractivity contribution >= 4 is 28.9 Å². The molecule has 0 spiro atoms. The summed E-state index contributed by atoms with van der Waals surface area (Å²) in [5.41, 5.74) is 6.83. The van der Waals surface area contributed by atoms with Gasteiger partial charge in [0.2, 0.25) is 0 Å². The first kappa shape index (κ1) is 15.0.